The normalized spacial score (nSPS) is 10.3. The summed E-state index contributed by atoms with van der Waals surface area (Å²) in [7, 11) is 0. The van der Waals surface area contributed by atoms with E-state index in [-0.39, 0.29) is 0 Å². The smallest absolute Gasteiger partial charge is 0.158 e. The highest BCUT2D eigenvalue weighted by atomic mass is 15.3. The number of pyridine rings is 1. The van der Waals surface area contributed by atoms with Crippen molar-refractivity contribution in [1.29, 1.82) is 5.26 Å². The number of nitrogens with zero attached hydrogens (tertiary/aromatic N) is 4. The summed E-state index contributed by atoms with van der Waals surface area (Å²) in [5.74, 6) is 0.737. The Hall–Kier alpha value is -1.89. The summed E-state index contributed by atoms with van der Waals surface area (Å²) in [6.45, 7) is 2.00. The van der Waals surface area contributed by atoms with Crippen molar-refractivity contribution >= 4 is 5.65 Å². The van der Waals surface area contributed by atoms with Crippen LogP contribution in [0.1, 0.15) is 17.8 Å². The van der Waals surface area contributed by atoms with E-state index in [2.05, 4.69) is 16.2 Å². The molecule has 0 aliphatic carbocycles. The summed E-state index contributed by atoms with van der Waals surface area (Å²) >= 11 is 0. The molecule has 4 nitrogen and oxygen atoms in total. The molecule has 0 aliphatic heterocycles. The van der Waals surface area contributed by atoms with Crippen molar-refractivity contribution in [3.8, 4) is 6.07 Å². The molecular weight excluding hydrogens is 176 g/mol. The van der Waals surface area contributed by atoms with Gasteiger partial charge in [0.25, 0.3) is 0 Å². The quantitative estimate of drug-likeness (QED) is 0.714. The monoisotopic (exact) mass is 186 g/mol. The Morgan fingerprint density at radius 1 is 1.57 bits per heavy atom. The van der Waals surface area contributed by atoms with Gasteiger partial charge in [0, 0.05) is 19.0 Å². The second-order valence-electron chi connectivity index (χ2n) is 3.15. The summed E-state index contributed by atoms with van der Waals surface area (Å²) in [4.78, 5) is 4.35. The average Bonchev–Trinajstić information content (AvgIpc) is 2.59. The minimum absolute atomic E-state index is 0.468. The Morgan fingerprint density at radius 3 is 3.14 bits per heavy atom. The molecule has 4 heteroatoms. The van der Waals surface area contributed by atoms with Crippen LogP contribution in [0.25, 0.3) is 5.65 Å². The first-order valence-electron chi connectivity index (χ1n) is 4.49. The van der Waals surface area contributed by atoms with Crippen LogP contribution in [0.5, 0.6) is 0 Å². The lowest BCUT2D eigenvalue weighted by Gasteiger charge is -1.92. The minimum Gasteiger partial charge on any atom is -0.221 e. The van der Waals surface area contributed by atoms with Gasteiger partial charge >= 0.3 is 0 Å². The fourth-order valence-corrected chi connectivity index (χ4v) is 1.36. The molecule has 0 bridgehead atoms. The molecule has 0 aliphatic rings. The molecule has 2 aromatic rings. The first kappa shape index (κ1) is 8.70. The van der Waals surface area contributed by atoms with Gasteiger partial charge in [-0.3, -0.25) is 0 Å². The van der Waals surface area contributed by atoms with Crippen LogP contribution in [0.3, 0.4) is 0 Å². The summed E-state index contributed by atoms with van der Waals surface area (Å²) in [6.07, 6.45) is 2.96. The average molecular weight is 186 g/mol. The first-order chi connectivity index (χ1) is 6.81. The van der Waals surface area contributed by atoms with Crippen LogP contribution in [0.4, 0.5) is 0 Å². The second-order valence-corrected chi connectivity index (χ2v) is 3.15. The van der Waals surface area contributed by atoms with E-state index >= 15 is 0 Å². The maximum absolute atomic E-state index is 8.44. The van der Waals surface area contributed by atoms with Crippen LogP contribution < -0.4 is 0 Å². The molecule has 2 rings (SSSR count). The highest BCUT2D eigenvalue weighted by Gasteiger charge is 2.04. The molecule has 0 amide bonds. The van der Waals surface area contributed by atoms with Gasteiger partial charge in [0.1, 0.15) is 0 Å². The van der Waals surface area contributed by atoms with Gasteiger partial charge in [0.05, 0.1) is 6.07 Å². The van der Waals surface area contributed by atoms with Gasteiger partial charge in [-0.2, -0.15) is 10.4 Å². The van der Waals surface area contributed by atoms with Gasteiger partial charge in [0.15, 0.2) is 11.5 Å². The lowest BCUT2D eigenvalue weighted by Crippen LogP contribution is -1.89. The number of fused-ring (bicyclic) bond motifs is 1. The van der Waals surface area contributed by atoms with Crippen LogP contribution in [0.15, 0.2) is 18.3 Å². The van der Waals surface area contributed by atoms with Crippen molar-refractivity contribution in [2.45, 2.75) is 19.8 Å². The standard InChI is InChI=1S/C10H10N4/c1-8-4-3-7-14-10(8)12-9(13-14)5-2-6-11/h3-4,7H,2,5H2,1H3. The molecule has 70 valence electrons. The molecule has 0 fully saturated rings. The molecule has 0 aromatic carbocycles. The predicted molar refractivity (Wildman–Crippen MR) is 51.7 cm³/mol. The van der Waals surface area contributed by atoms with E-state index in [1.54, 1.807) is 4.52 Å². The Labute approximate surface area is 81.8 Å². The van der Waals surface area contributed by atoms with E-state index in [4.69, 9.17) is 5.26 Å². The third-order valence-electron chi connectivity index (χ3n) is 2.06. The number of aryl methyl sites for hydroxylation is 2. The summed E-state index contributed by atoms with van der Waals surface area (Å²) in [5.41, 5.74) is 1.98. The zero-order valence-corrected chi connectivity index (χ0v) is 7.94. The molecule has 14 heavy (non-hydrogen) atoms. The molecule has 0 saturated heterocycles. The van der Waals surface area contributed by atoms with E-state index in [0.29, 0.717) is 12.8 Å². The SMILES string of the molecule is Cc1cccn2nc(CCC#N)nc12. The van der Waals surface area contributed by atoms with E-state index in [9.17, 15) is 0 Å². The highest BCUT2D eigenvalue weighted by Crippen LogP contribution is 2.07. The predicted octanol–water partition coefficient (Wildman–Crippen LogP) is 1.49. The summed E-state index contributed by atoms with van der Waals surface area (Å²) < 4.78 is 1.75. The van der Waals surface area contributed by atoms with Crippen LogP contribution >= 0.6 is 0 Å². The molecule has 2 aromatic heterocycles. The van der Waals surface area contributed by atoms with Gasteiger partial charge in [0.2, 0.25) is 0 Å². The lowest BCUT2D eigenvalue weighted by atomic mass is 10.3. The van der Waals surface area contributed by atoms with E-state index in [1.165, 1.54) is 0 Å². The van der Waals surface area contributed by atoms with Gasteiger partial charge in [-0.15, -0.1) is 0 Å². The van der Waals surface area contributed by atoms with Crippen LogP contribution in [-0.2, 0) is 6.42 Å². The zero-order chi connectivity index (χ0) is 9.97. The minimum atomic E-state index is 0.468. The zero-order valence-electron chi connectivity index (χ0n) is 7.94. The van der Waals surface area contributed by atoms with Crippen LogP contribution in [0, 0.1) is 18.3 Å². The molecule has 0 spiro atoms. The Balaban J connectivity index is 2.42. The highest BCUT2D eigenvalue weighted by molar-refractivity contribution is 5.45. The van der Waals surface area contributed by atoms with E-state index < -0.39 is 0 Å². The number of hydrogen-bond acceptors (Lipinski definition) is 3. The Bertz CT molecular complexity index is 492. The number of nitriles is 1. The van der Waals surface area contributed by atoms with Gasteiger partial charge in [-0.05, 0) is 18.6 Å². The van der Waals surface area contributed by atoms with Crippen molar-refractivity contribution in [3.63, 3.8) is 0 Å². The molecular formula is C10H10N4. The molecule has 2 heterocycles. The molecule has 0 saturated carbocycles. The van der Waals surface area contributed by atoms with Crippen molar-refractivity contribution in [3.05, 3.63) is 29.7 Å². The number of hydrogen-bond donors (Lipinski definition) is 0. The topological polar surface area (TPSA) is 54.0 Å². The lowest BCUT2D eigenvalue weighted by molar-refractivity contribution is 0.854. The summed E-state index contributed by atoms with van der Waals surface area (Å²) in [5, 5.41) is 12.7. The van der Waals surface area contributed by atoms with E-state index in [1.807, 2.05) is 25.3 Å². The van der Waals surface area contributed by atoms with Gasteiger partial charge < -0.3 is 0 Å². The van der Waals surface area contributed by atoms with Crippen molar-refractivity contribution in [2.75, 3.05) is 0 Å². The van der Waals surface area contributed by atoms with Crippen LogP contribution in [-0.4, -0.2) is 14.6 Å². The molecule has 0 unspecified atom stereocenters. The van der Waals surface area contributed by atoms with Crippen molar-refractivity contribution in [2.24, 2.45) is 0 Å². The maximum atomic E-state index is 8.44. The Kier molecular flexibility index (Phi) is 2.15. The molecule has 0 N–H and O–H groups in total. The van der Waals surface area contributed by atoms with Crippen molar-refractivity contribution < 1.29 is 0 Å². The van der Waals surface area contributed by atoms with Crippen LogP contribution in [0.2, 0.25) is 0 Å². The number of rotatable bonds is 2. The van der Waals surface area contributed by atoms with Crippen molar-refractivity contribution in [1.82, 2.24) is 14.6 Å². The fourth-order valence-electron chi connectivity index (χ4n) is 1.36. The molecule has 0 radical (unpaired) electrons. The third-order valence-corrected chi connectivity index (χ3v) is 2.06. The third kappa shape index (κ3) is 1.44. The molecule has 0 atom stereocenters. The second kappa shape index (κ2) is 3.46. The Morgan fingerprint density at radius 2 is 2.43 bits per heavy atom. The van der Waals surface area contributed by atoms with Gasteiger partial charge in [-0.25, -0.2) is 9.50 Å². The summed E-state index contributed by atoms with van der Waals surface area (Å²) in [6, 6.07) is 6.02. The first-order valence-corrected chi connectivity index (χ1v) is 4.49. The number of aromatic nitrogens is 3. The maximum Gasteiger partial charge on any atom is 0.158 e. The van der Waals surface area contributed by atoms with E-state index in [0.717, 1.165) is 17.0 Å². The largest absolute Gasteiger partial charge is 0.221 e. The fraction of sp³-hybridized carbons (Fsp3) is 0.300. The van der Waals surface area contributed by atoms with Gasteiger partial charge in [-0.1, -0.05) is 6.07 Å².